The van der Waals surface area contributed by atoms with E-state index in [1.54, 1.807) is 7.11 Å². The van der Waals surface area contributed by atoms with E-state index < -0.39 is 0 Å². The van der Waals surface area contributed by atoms with E-state index in [2.05, 4.69) is 10.6 Å². The number of nitrogens with one attached hydrogen (secondary N) is 2. The zero-order chi connectivity index (χ0) is 11.4. The van der Waals surface area contributed by atoms with Crippen molar-refractivity contribution in [3.8, 4) is 0 Å². The molecule has 0 radical (unpaired) electrons. The SMILES string of the molecule is COC1CCCN(C(=O)C2CNCCN2)C1. The summed E-state index contributed by atoms with van der Waals surface area (Å²) in [6, 6.07) is -0.0515. The van der Waals surface area contributed by atoms with Crippen LogP contribution >= 0.6 is 0 Å². The fourth-order valence-corrected chi connectivity index (χ4v) is 2.38. The summed E-state index contributed by atoms with van der Waals surface area (Å²) in [5.41, 5.74) is 0. The number of methoxy groups -OCH3 is 1. The molecule has 2 fully saturated rings. The maximum Gasteiger partial charge on any atom is 0.241 e. The lowest BCUT2D eigenvalue weighted by Crippen LogP contribution is -2.58. The van der Waals surface area contributed by atoms with Crippen LogP contribution in [0.5, 0.6) is 0 Å². The summed E-state index contributed by atoms with van der Waals surface area (Å²) in [7, 11) is 1.72. The average Bonchev–Trinajstić information content (AvgIpc) is 2.39. The van der Waals surface area contributed by atoms with Crippen molar-refractivity contribution >= 4 is 5.91 Å². The Balaban J connectivity index is 1.87. The van der Waals surface area contributed by atoms with Gasteiger partial charge in [-0.05, 0) is 12.8 Å². The third kappa shape index (κ3) is 2.72. The van der Waals surface area contributed by atoms with Gasteiger partial charge in [0, 0.05) is 39.8 Å². The van der Waals surface area contributed by atoms with Gasteiger partial charge in [0.2, 0.25) is 5.91 Å². The van der Waals surface area contributed by atoms with Gasteiger partial charge in [-0.15, -0.1) is 0 Å². The number of hydrogen-bond donors (Lipinski definition) is 2. The average molecular weight is 227 g/mol. The lowest BCUT2D eigenvalue weighted by Gasteiger charge is -2.35. The van der Waals surface area contributed by atoms with Crippen molar-refractivity contribution in [1.82, 2.24) is 15.5 Å². The van der Waals surface area contributed by atoms with Gasteiger partial charge in [-0.1, -0.05) is 0 Å². The van der Waals surface area contributed by atoms with E-state index in [-0.39, 0.29) is 18.1 Å². The quantitative estimate of drug-likeness (QED) is 0.647. The number of likely N-dealkylation sites (tertiary alicyclic amines) is 1. The van der Waals surface area contributed by atoms with Crippen molar-refractivity contribution in [1.29, 1.82) is 0 Å². The van der Waals surface area contributed by atoms with E-state index in [0.717, 1.165) is 45.6 Å². The number of amides is 1. The third-order valence-corrected chi connectivity index (χ3v) is 3.36. The van der Waals surface area contributed by atoms with Crippen molar-refractivity contribution < 1.29 is 9.53 Å². The molecule has 2 aliphatic heterocycles. The highest BCUT2D eigenvalue weighted by Gasteiger charge is 2.29. The van der Waals surface area contributed by atoms with Gasteiger partial charge >= 0.3 is 0 Å². The van der Waals surface area contributed by atoms with Crippen LogP contribution in [0, 0.1) is 0 Å². The lowest BCUT2D eigenvalue weighted by molar-refractivity contribution is -0.137. The van der Waals surface area contributed by atoms with Gasteiger partial charge in [0.15, 0.2) is 0 Å². The third-order valence-electron chi connectivity index (χ3n) is 3.36. The Hall–Kier alpha value is -0.650. The molecule has 0 saturated carbocycles. The molecule has 0 aromatic rings. The first-order valence-corrected chi connectivity index (χ1v) is 6.07. The van der Waals surface area contributed by atoms with Crippen molar-refractivity contribution in [3.63, 3.8) is 0 Å². The second-order valence-electron chi connectivity index (χ2n) is 4.50. The molecule has 2 aliphatic rings. The first-order valence-electron chi connectivity index (χ1n) is 6.07. The molecule has 0 spiro atoms. The number of piperidine rings is 1. The zero-order valence-corrected chi connectivity index (χ0v) is 9.87. The maximum absolute atomic E-state index is 12.2. The van der Waals surface area contributed by atoms with E-state index in [4.69, 9.17) is 4.74 Å². The van der Waals surface area contributed by atoms with E-state index in [9.17, 15) is 4.79 Å². The van der Waals surface area contributed by atoms with Crippen LogP contribution in [0.15, 0.2) is 0 Å². The van der Waals surface area contributed by atoms with Crippen molar-refractivity contribution in [3.05, 3.63) is 0 Å². The number of ether oxygens (including phenoxy) is 1. The summed E-state index contributed by atoms with van der Waals surface area (Å²) >= 11 is 0. The second kappa shape index (κ2) is 5.61. The Morgan fingerprint density at radius 1 is 1.44 bits per heavy atom. The molecular weight excluding hydrogens is 206 g/mol. The molecule has 0 aromatic heterocycles. The standard InChI is InChI=1S/C11H21N3O2/c1-16-9-3-2-6-14(8-9)11(15)10-7-12-4-5-13-10/h9-10,12-13H,2-8H2,1H3. The van der Waals surface area contributed by atoms with Crippen molar-refractivity contribution in [2.45, 2.75) is 25.0 Å². The normalized spacial score (nSPS) is 31.4. The second-order valence-corrected chi connectivity index (χ2v) is 4.50. The number of carbonyl (C=O) groups excluding carboxylic acids is 1. The van der Waals surface area contributed by atoms with Gasteiger partial charge in [0.25, 0.3) is 0 Å². The predicted octanol–water partition coefficient (Wildman–Crippen LogP) is -0.815. The van der Waals surface area contributed by atoms with Crippen LogP contribution in [-0.4, -0.2) is 62.8 Å². The van der Waals surface area contributed by atoms with Crippen LogP contribution in [0.1, 0.15) is 12.8 Å². The summed E-state index contributed by atoms with van der Waals surface area (Å²) in [6.45, 7) is 4.18. The van der Waals surface area contributed by atoms with Crippen LogP contribution in [0.4, 0.5) is 0 Å². The minimum atomic E-state index is -0.0515. The highest BCUT2D eigenvalue weighted by Crippen LogP contribution is 2.13. The molecule has 2 heterocycles. The van der Waals surface area contributed by atoms with E-state index >= 15 is 0 Å². The molecule has 2 saturated heterocycles. The Morgan fingerprint density at radius 3 is 3.00 bits per heavy atom. The van der Waals surface area contributed by atoms with E-state index in [1.165, 1.54) is 0 Å². The van der Waals surface area contributed by atoms with Crippen LogP contribution in [0.3, 0.4) is 0 Å². The van der Waals surface area contributed by atoms with Crippen molar-refractivity contribution in [2.24, 2.45) is 0 Å². The molecule has 0 aliphatic carbocycles. The Bertz CT molecular complexity index is 241. The summed E-state index contributed by atoms with van der Waals surface area (Å²) in [4.78, 5) is 14.1. The molecule has 0 aromatic carbocycles. The number of nitrogens with zero attached hydrogens (tertiary/aromatic N) is 1. The number of rotatable bonds is 2. The molecule has 1 amide bonds. The fourth-order valence-electron chi connectivity index (χ4n) is 2.38. The molecule has 2 atom stereocenters. The molecule has 16 heavy (non-hydrogen) atoms. The summed E-state index contributed by atoms with van der Waals surface area (Å²) in [6.07, 6.45) is 2.33. The first kappa shape index (κ1) is 11.8. The Morgan fingerprint density at radius 2 is 2.31 bits per heavy atom. The van der Waals surface area contributed by atoms with Gasteiger partial charge < -0.3 is 20.3 Å². The minimum absolute atomic E-state index is 0.0515. The largest absolute Gasteiger partial charge is 0.380 e. The van der Waals surface area contributed by atoms with Gasteiger partial charge in [-0.2, -0.15) is 0 Å². The number of hydrogen-bond acceptors (Lipinski definition) is 4. The molecule has 5 heteroatoms. The molecule has 2 N–H and O–H groups in total. The van der Waals surface area contributed by atoms with E-state index in [1.807, 2.05) is 4.90 Å². The Labute approximate surface area is 96.5 Å². The summed E-state index contributed by atoms with van der Waals surface area (Å²) in [5.74, 6) is 0.217. The smallest absolute Gasteiger partial charge is 0.241 e. The van der Waals surface area contributed by atoms with Crippen LogP contribution in [0.25, 0.3) is 0 Å². The summed E-state index contributed by atoms with van der Waals surface area (Å²) in [5, 5.41) is 6.49. The molecule has 2 unspecified atom stereocenters. The monoisotopic (exact) mass is 227 g/mol. The molecular formula is C11H21N3O2. The van der Waals surface area contributed by atoms with Gasteiger partial charge in [0.05, 0.1) is 12.1 Å². The van der Waals surface area contributed by atoms with Gasteiger partial charge in [-0.25, -0.2) is 0 Å². The summed E-state index contributed by atoms with van der Waals surface area (Å²) < 4.78 is 5.33. The molecule has 5 nitrogen and oxygen atoms in total. The lowest BCUT2D eigenvalue weighted by atomic mass is 10.1. The van der Waals surface area contributed by atoms with Crippen LogP contribution < -0.4 is 10.6 Å². The van der Waals surface area contributed by atoms with Gasteiger partial charge in [0.1, 0.15) is 0 Å². The van der Waals surface area contributed by atoms with E-state index in [0.29, 0.717) is 0 Å². The van der Waals surface area contributed by atoms with Crippen molar-refractivity contribution in [2.75, 3.05) is 39.8 Å². The highest BCUT2D eigenvalue weighted by atomic mass is 16.5. The zero-order valence-electron chi connectivity index (χ0n) is 9.87. The molecule has 92 valence electrons. The van der Waals surface area contributed by atoms with Crippen LogP contribution in [0.2, 0.25) is 0 Å². The first-order chi connectivity index (χ1) is 7.81. The molecule has 0 bridgehead atoms. The maximum atomic E-state index is 12.2. The Kier molecular flexibility index (Phi) is 4.15. The van der Waals surface area contributed by atoms with Crippen LogP contribution in [-0.2, 0) is 9.53 Å². The minimum Gasteiger partial charge on any atom is -0.380 e. The topological polar surface area (TPSA) is 53.6 Å². The number of piperazine rings is 1. The fraction of sp³-hybridized carbons (Fsp3) is 0.909. The predicted molar refractivity (Wildman–Crippen MR) is 61.3 cm³/mol. The molecule has 2 rings (SSSR count). The highest BCUT2D eigenvalue weighted by molar-refractivity contribution is 5.82. The number of carbonyl (C=O) groups is 1. The van der Waals surface area contributed by atoms with Gasteiger partial charge in [-0.3, -0.25) is 4.79 Å².